The minimum atomic E-state index is 0.523. The van der Waals surface area contributed by atoms with Crippen molar-refractivity contribution < 1.29 is 0 Å². The number of rotatable bonds is 4. The summed E-state index contributed by atoms with van der Waals surface area (Å²) in [5.74, 6) is 0.865. The second-order valence-electron chi connectivity index (χ2n) is 7.36. The summed E-state index contributed by atoms with van der Waals surface area (Å²) in [7, 11) is 2.13. The molecule has 1 unspecified atom stereocenters. The van der Waals surface area contributed by atoms with Gasteiger partial charge in [-0.15, -0.1) is 0 Å². The first kappa shape index (κ1) is 14.0. The highest BCUT2D eigenvalue weighted by Gasteiger charge is 2.40. The summed E-state index contributed by atoms with van der Waals surface area (Å²) in [5.41, 5.74) is 1.05. The van der Waals surface area contributed by atoms with E-state index in [1.807, 2.05) is 0 Å². The van der Waals surface area contributed by atoms with Crippen LogP contribution in [-0.4, -0.2) is 13.1 Å². The van der Waals surface area contributed by atoms with Crippen molar-refractivity contribution in [3.8, 4) is 0 Å². The Labute approximate surface area is 102 Å². The molecule has 1 rings (SSSR count). The fraction of sp³-hybridized carbons (Fsp3) is 1.00. The third-order valence-electron chi connectivity index (χ3n) is 4.13. The largest absolute Gasteiger partial charge is 0.317 e. The van der Waals surface area contributed by atoms with Gasteiger partial charge in [-0.3, -0.25) is 0 Å². The van der Waals surface area contributed by atoms with Crippen LogP contribution in [0.3, 0.4) is 0 Å². The van der Waals surface area contributed by atoms with Crippen LogP contribution in [0, 0.1) is 16.7 Å². The van der Waals surface area contributed by atoms with Crippen molar-refractivity contribution in [2.24, 2.45) is 16.7 Å². The normalized spacial score (nSPS) is 26.6. The summed E-state index contributed by atoms with van der Waals surface area (Å²) < 4.78 is 0. The number of hydrogen-bond donors (Lipinski definition) is 1. The third-order valence-corrected chi connectivity index (χ3v) is 4.13. The van der Waals surface area contributed by atoms with Gasteiger partial charge in [-0.25, -0.2) is 0 Å². The molecule has 0 amide bonds. The average molecular weight is 225 g/mol. The lowest BCUT2D eigenvalue weighted by molar-refractivity contribution is 0.0490. The Hall–Kier alpha value is -0.0400. The molecule has 0 radical (unpaired) electrons. The number of nitrogens with one attached hydrogen (secondary N) is 1. The second-order valence-corrected chi connectivity index (χ2v) is 7.36. The summed E-state index contributed by atoms with van der Waals surface area (Å²) in [5, 5.41) is 3.55. The molecule has 0 aromatic rings. The monoisotopic (exact) mass is 225 g/mol. The average Bonchev–Trinajstić information content (AvgIpc) is 2.08. The SMILES string of the molecule is CCCC(NC)C1CC(C)(C)CC(C)(C)C1. The van der Waals surface area contributed by atoms with Crippen LogP contribution in [-0.2, 0) is 0 Å². The van der Waals surface area contributed by atoms with E-state index in [1.54, 1.807) is 0 Å². The van der Waals surface area contributed by atoms with Crippen LogP contribution in [0.1, 0.15) is 66.7 Å². The lowest BCUT2D eigenvalue weighted by Gasteiger charge is -2.47. The van der Waals surface area contributed by atoms with E-state index in [0.717, 1.165) is 12.0 Å². The smallest absolute Gasteiger partial charge is 0.00926 e. The van der Waals surface area contributed by atoms with Gasteiger partial charge in [0, 0.05) is 6.04 Å². The molecule has 0 spiro atoms. The minimum Gasteiger partial charge on any atom is -0.317 e. The topological polar surface area (TPSA) is 12.0 Å². The Kier molecular flexibility index (Phi) is 4.45. The zero-order chi connectivity index (χ0) is 12.4. The van der Waals surface area contributed by atoms with Crippen LogP contribution < -0.4 is 5.32 Å². The van der Waals surface area contributed by atoms with Gasteiger partial charge in [-0.1, -0.05) is 41.0 Å². The van der Waals surface area contributed by atoms with Crippen molar-refractivity contribution in [1.82, 2.24) is 5.32 Å². The van der Waals surface area contributed by atoms with Gasteiger partial charge < -0.3 is 5.32 Å². The van der Waals surface area contributed by atoms with Crippen molar-refractivity contribution in [2.75, 3.05) is 7.05 Å². The van der Waals surface area contributed by atoms with E-state index in [4.69, 9.17) is 0 Å². The van der Waals surface area contributed by atoms with Crippen molar-refractivity contribution >= 4 is 0 Å². The lowest BCUT2D eigenvalue weighted by Crippen LogP contribution is -2.43. The number of hydrogen-bond acceptors (Lipinski definition) is 1. The van der Waals surface area contributed by atoms with E-state index in [0.29, 0.717) is 10.8 Å². The predicted molar refractivity (Wildman–Crippen MR) is 72.7 cm³/mol. The zero-order valence-corrected chi connectivity index (χ0v) is 12.2. The van der Waals surface area contributed by atoms with Gasteiger partial charge in [-0.2, -0.15) is 0 Å². The van der Waals surface area contributed by atoms with Crippen LogP contribution in [0.15, 0.2) is 0 Å². The van der Waals surface area contributed by atoms with Crippen molar-refractivity contribution in [2.45, 2.75) is 72.8 Å². The van der Waals surface area contributed by atoms with E-state index >= 15 is 0 Å². The summed E-state index contributed by atoms with van der Waals surface area (Å²) >= 11 is 0. The molecule has 1 N–H and O–H groups in total. The molecule has 0 aromatic heterocycles. The van der Waals surface area contributed by atoms with Crippen molar-refractivity contribution in [1.29, 1.82) is 0 Å². The molecule has 1 fully saturated rings. The van der Waals surface area contributed by atoms with Crippen LogP contribution in [0.25, 0.3) is 0 Å². The highest BCUT2D eigenvalue weighted by atomic mass is 14.9. The van der Waals surface area contributed by atoms with E-state index in [1.165, 1.54) is 32.1 Å². The van der Waals surface area contributed by atoms with Gasteiger partial charge >= 0.3 is 0 Å². The van der Waals surface area contributed by atoms with E-state index < -0.39 is 0 Å². The van der Waals surface area contributed by atoms with E-state index in [9.17, 15) is 0 Å². The van der Waals surface area contributed by atoms with E-state index in [-0.39, 0.29) is 0 Å². The Bertz CT molecular complexity index is 201. The summed E-state index contributed by atoms with van der Waals surface area (Å²) in [4.78, 5) is 0. The summed E-state index contributed by atoms with van der Waals surface area (Å²) in [6.45, 7) is 12.1. The molecular weight excluding hydrogens is 194 g/mol. The Morgan fingerprint density at radius 1 is 1.12 bits per heavy atom. The second kappa shape index (κ2) is 5.08. The molecule has 1 aliphatic carbocycles. The Morgan fingerprint density at radius 3 is 2.00 bits per heavy atom. The molecule has 16 heavy (non-hydrogen) atoms. The first-order valence-corrected chi connectivity index (χ1v) is 6.97. The molecule has 0 bridgehead atoms. The van der Waals surface area contributed by atoms with E-state index in [2.05, 4.69) is 47.0 Å². The van der Waals surface area contributed by atoms with Crippen molar-refractivity contribution in [3.05, 3.63) is 0 Å². The van der Waals surface area contributed by atoms with Gasteiger partial charge in [0.1, 0.15) is 0 Å². The highest BCUT2D eigenvalue weighted by Crippen LogP contribution is 2.49. The molecule has 1 atom stereocenters. The first-order chi connectivity index (χ1) is 7.29. The van der Waals surface area contributed by atoms with Crippen molar-refractivity contribution in [3.63, 3.8) is 0 Å². The predicted octanol–water partition coefficient (Wildman–Crippen LogP) is 4.23. The Morgan fingerprint density at radius 2 is 1.62 bits per heavy atom. The van der Waals surface area contributed by atoms with Gasteiger partial charge in [0.25, 0.3) is 0 Å². The standard InChI is InChI=1S/C15H31N/c1-7-8-13(16-6)12-9-14(2,3)11-15(4,5)10-12/h12-13,16H,7-11H2,1-6H3. The minimum absolute atomic E-state index is 0.523. The van der Waals surface area contributed by atoms with Crippen LogP contribution in [0.5, 0.6) is 0 Å². The lowest BCUT2D eigenvalue weighted by atomic mass is 9.60. The molecule has 1 heteroatoms. The van der Waals surface area contributed by atoms with Crippen LogP contribution >= 0.6 is 0 Å². The molecule has 0 heterocycles. The molecule has 1 nitrogen and oxygen atoms in total. The fourth-order valence-corrected chi connectivity index (χ4v) is 4.14. The Balaban J connectivity index is 2.72. The maximum absolute atomic E-state index is 3.55. The molecule has 0 aliphatic heterocycles. The molecular formula is C15H31N. The molecule has 1 aliphatic rings. The zero-order valence-electron chi connectivity index (χ0n) is 12.2. The maximum Gasteiger partial charge on any atom is 0.00926 e. The first-order valence-electron chi connectivity index (χ1n) is 6.97. The van der Waals surface area contributed by atoms with Gasteiger partial charge in [-0.05, 0) is 49.5 Å². The maximum atomic E-state index is 3.55. The molecule has 1 saturated carbocycles. The van der Waals surface area contributed by atoms with Gasteiger partial charge in [0.15, 0.2) is 0 Å². The fourth-order valence-electron chi connectivity index (χ4n) is 4.14. The summed E-state index contributed by atoms with van der Waals surface area (Å²) in [6, 6.07) is 0.726. The summed E-state index contributed by atoms with van der Waals surface area (Å²) in [6.07, 6.45) is 6.78. The van der Waals surface area contributed by atoms with Gasteiger partial charge in [0.05, 0.1) is 0 Å². The highest BCUT2D eigenvalue weighted by molar-refractivity contribution is 4.92. The third kappa shape index (κ3) is 3.76. The van der Waals surface area contributed by atoms with Crippen LogP contribution in [0.4, 0.5) is 0 Å². The molecule has 0 saturated heterocycles. The van der Waals surface area contributed by atoms with Gasteiger partial charge in [0.2, 0.25) is 0 Å². The molecule has 0 aromatic carbocycles. The van der Waals surface area contributed by atoms with Crippen LogP contribution in [0.2, 0.25) is 0 Å². The quantitative estimate of drug-likeness (QED) is 0.755. The molecule has 96 valence electrons.